The van der Waals surface area contributed by atoms with Gasteiger partial charge in [0.05, 0.1) is 0 Å². The highest BCUT2D eigenvalue weighted by Gasteiger charge is 2.22. The van der Waals surface area contributed by atoms with Crippen molar-refractivity contribution in [3.8, 4) is 6.07 Å². The monoisotopic (exact) mass is 297 g/mol. The lowest BCUT2D eigenvalue weighted by Crippen LogP contribution is -2.36. The van der Waals surface area contributed by atoms with Gasteiger partial charge in [-0.3, -0.25) is 0 Å². The first kappa shape index (κ1) is 14.9. The molecule has 0 aliphatic carbocycles. The normalized spacial score (nSPS) is 16.8. The molecule has 0 aromatic heterocycles. The van der Waals surface area contributed by atoms with Crippen LogP contribution in [0.2, 0.25) is 0 Å². The summed E-state index contributed by atoms with van der Waals surface area (Å²) in [5, 5.41) is 12.1. The van der Waals surface area contributed by atoms with E-state index in [0.717, 1.165) is 32.0 Å². The average molecular weight is 297 g/mol. The van der Waals surface area contributed by atoms with E-state index in [1.54, 1.807) is 6.07 Å². The van der Waals surface area contributed by atoms with E-state index in [2.05, 4.69) is 10.0 Å². The van der Waals surface area contributed by atoms with Crippen molar-refractivity contribution in [1.82, 2.24) is 10.0 Å². The molecule has 1 fully saturated rings. The zero-order valence-electron chi connectivity index (χ0n) is 10.9. The van der Waals surface area contributed by atoms with E-state index >= 15 is 0 Å². The van der Waals surface area contributed by atoms with Gasteiger partial charge in [-0.15, -0.1) is 0 Å². The fourth-order valence-electron chi connectivity index (χ4n) is 2.23. The van der Waals surface area contributed by atoms with Crippen LogP contribution in [0.1, 0.15) is 18.4 Å². The van der Waals surface area contributed by atoms with Crippen LogP contribution >= 0.6 is 0 Å². The Kier molecular flexibility index (Phi) is 4.70. The van der Waals surface area contributed by atoms with Crippen molar-refractivity contribution < 1.29 is 12.8 Å². The molecule has 0 atom stereocenters. The maximum atomic E-state index is 13.5. The van der Waals surface area contributed by atoms with Crippen molar-refractivity contribution in [2.45, 2.75) is 17.7 Å². The quantitative estimate of drug-likeness (QED) is 0.868. The molecule has 0 unspecified atom stereocenters. The SMILES string of the molecule is N#Cc1c(F)cccc1S(=O)(=O)NCC1CCNCC1. The number of piperidine rings is 1. The van der Waals surface area contributed by atoms with Crippen LogP contribution in [-0.2, 0) is 10.0 Å². The summed E-state index contributed by atoms with van der Waals surface area (Å²) in [6.07, 6.45) is 1.80. The highest BCUT2D eigenvalue weighted by molar-refractivity contribution is 7.89. The van der Waals surface area contributed by atoms with Crippen molar-refractivity contribution >= 4 is 10.0 Å². The number of nitrogens with zero attached hydrogens (tertiary/aromatic N) is 1. The molecule has 2 rings (SSSR count). The molecule has 1 heterocycles. The molecular weight excluding hydrogens is 281 g/mol. The number of benzene rings is 1. The Labute approximate surface area is 117 Å². The molecule has 1 aliphatic rings. The second-order valence-electron chi connectivity index (χ2n) is 4.77. The molecule has 7 heteroatoms. The fourth-order valence-corrected chi connectivity index (χ4v) is 3.51. The van der Waals surface area contributed by atoms with E-state index in [4.69, 9.17) is 5.26 Å². The molecule has 0 spiro atoms. The Hall–Kier alpha value is -1.49. The molecule has 0 saturated carbocycles. The summed E-state index contributed by atoms with van der Waals surface area (Å²) < 4.78 is 40.3. The van der Waals surface area contributed by atoms with Gasteiger partial charge >= 0.3 is 0 Å². The van der Waals surface area contributed by atoms with Gasteiger partial charge in [-0.1, -0.05) is 6.07 Å². The van der Waals surface area contributed by atoms with Gasteiger partial charge in [-0.2, -0.15) is 5.26 Å². The summed E-state index contributed by atoms with van der Waals surface area (Å²) in [5.74, 6) is -0.553. The van der Waals surface area contributed by atoms with E-state index in [0.29, 0.717) is 6.54 Å². The first-order chi connectivity index (χ1) is 9.54. The molecule has 2 N–H and O–H groups in total. The fraction of sp³-hybridized carbons (Fsp3) is 0.462. The van der Waals surface area contributed by atoms with Crippen molar-refractivity contribution in [1.29, 1.82) is 5.26 Å². The lowest BCUT2D eigenvalue weighted by atomic mass is 9.99. The Morgan fingerprint density at radius 2 is 2.10 bits per heavy atom. The maximum absolute atomic E-state index is 13.5. The summed E-state index contributed by atoms with van der Waals surface area (Å²) in [4.78, 5) is -0.297. The minimum atomic E-state index is -3.86. The standard InChI is InChI=1S/C13H16FN3O2S/c14-12-2-1-3-13(11(12)8-15)20(18,19)17-9-10-4-6-16-7-5-10/h1-3,10,16-17H,4-7,9H2. The summed E-state index contributed by atoms with van der Waals surface area (Å²) in [7, 11) is -3.86. The van der Waals surface area contributed by atoms with E-state index < -0.39 is 21.4 Å². The number of hydrogen-bond acceptors (Lipinski definition) is 4. The van der Waals surface area contributed by atoms with Gasteiger partial charge in [-0.25, -0.2) is 17.5 Å². The van der Waals surface area contributed by atoms with Gasteiger partial charge in [0.1, 0.15) is 22.3 Å². The second kappa shape index (κ2) is 6.31. The van der Waals surface area contributed by atoms with Gasteiger partial charge in [0.25, 0.3) is 0 Å². The zero-order chi connectivity index (χ0) is 14.6. The predicted molar refractivity (Wildman–Crippen MR) is 71.9 cm³/mol. The molecule has 1 aliphatic heterocycles. The largest absolute Gasteiger partial charge is 0.317 e. The number of nitrogens with one attached hydrogen (secondary N) is 2. The molecule has 108 valence electrons. The molecular formula is C13H16FN3O2S. The first-order valence-corrected chi connectivity index (χ1v) is 7.92. The van der Waals surface area contributed by atoms with Gasteiger partial charge in [-0.05, 0) is 44.0 Å². The van der Waals surface area contributed by atoms with Crippen LogP contribution in [0.3, 0.4) is 0 Å². The third-order valence-corrected chi connectivity index (χ3v) is 4.86. The van der Waals surface area contributed by atoms with Gasteiger partial charge in [0.2, 0.25) is 10.0 Å². The van der Waals surface area contributed by atoms with Crippen molar-refractivity contribution in [3.05, 3.63) is 29.6 Å². The number of sulfonamides is 1. The highest BCUT2D eigenvalue weighted by Crippen LogP contribution is 2.18. The Morgan fingerprint density at radius 3 is 2.75 bits per heavy atom. The predicted octanol–water partition coefficient (Wildman–Crippen LogP) is 0.975. The molecule has 1 saturated heterocycles. The summed E-state index contributed by atoms with van der Waals surface area (Å²) in [5.41, 5.74) is -0.440. The molecule has 5 nitrogen and oxygen atoms in total. The minimum absolute atomic E-state index is 0.269. The number of halogens is 1. The van der Waals surface area contributed by atoms with Gasteiger partial charge in [0, 0.05) is 6.54 Å². The minimum Gasteiger partial charge on any atom is -0.317 e. The Bertz CT molecular complexity index is 619. The van der Waals surface area contributed by atoms with Crippen molar-refractivity contribution in [2.24, 2.45) is 5.92 Å². The van der Waals surface area contributed by atoms with Gasteiger partial charge < -0.3 is 5.32 Å². The summed E-state index contributed by atoms with van der Waals surface area (Å²) >= 11 is 0. The molecule has 20 heavy (non-hydrogen) atoms. The second-order valence-corrected chi connectivity index (χ2v) is 6.51. The summed E-state index contributed by atoms with van der Waals surface area (Å²) in [6.45, 7) is 2.05. The van der Waals surface area contributed by atoms with Crippen LogP contribution in [-0.4, -0.2) is 28.1 Å². The number of hydrogen-bond donors (Lipinski definition) is 2. The first-order valence-electron chi connectivity index (χ1n) is 6.43. The Balaban J connectivity index is 2.14. The molecule has 0 amide bonds. The Morgan fingerprint density at radius 1 is 1.40 bits per heavy atom. The topological polar surface area (TPSA) is 82.0 Å². The van der Waals surface area contributed by atoms with Crippen LogP contribution in [0.5, 0.6) is 0 Å². The van der Waals surface area contributed by atoms with Crippen LogP contribution in [0.15, 0.2) is 23.1 Å². The summed E-state index contributed by atoms with van der Waals surface area (Å²) in [6, 6.07) is 5.21. The number of nitriles is 1. The van der Waals surface area contributed by atoms with Crippen molar-refractivity contribution in [2.75, 3.05) is 19.6 Å². The number of rotatable bonds is 4. The lowest BCUT2D eigenvalue weighted by molar-refractivity contribution is 0.372. The molecule has 1 aromatic rings. The maximum Gasteiger partial charge on any atom is 0.242 e. The third-order valence-electron chi connectivity index (χ3n) is 3.40. The van der Waals surface area contributed by atoms with E-state index in [1.807, 2.05) is 0 Å². The molecule has 1 aromatic carbocycles. The zero-order valence-corrected chi connectivity index (χ0v) is 11.7. The molecule has 0 radical (unpaired) electrons. The van der Waals surface area contributed by atoms with Crippen molar-refractivity contribution in [3.63, 3.8) is 0 Å². The lowest BCUT2D eigenvalue weighted by Gasteiger charge is -2.22. The van der Waals surface area contributed by atoms with Crippen LogP contribution in [0, 0.1) is 23.1 Å². The van der Waals surface area contributed by atoms with Crippen LogP contribution in [0.25, 0.3) is 0 Å². The van der Waals surface area contributed by atoms with Crippen LogP contribution in [0.4, 0.5) is 4.39 Å². The smallest absolute Gasteiger partial charge is 0.242 e. The van der Waals surface area contributed by atoms with E-state index in [-0.39, 0.29) is 10.8 Å². The highest BCUT2D eigenvalue weighted by atomic mass is 32.2. The third kappa shape index (κ3) is 3.33. The van der Waals surface area contributed by atoms with E-state index in [1.165, 1.54) is 12.1 Å². The molecule has 0 bridgehead atoms. The average Bonchev–Trinajstić information content (AvgIpc) is 2.46. The van der Waals surface area contributed by atoms with Crippen LogP contribution < -0.4 is 10.0 Å². The van der Waals surface area contributed by atoms with Gasteiger partial charge in [0.15, 0.2) is 0 Å². The van der Waals surface area contributed by atoms with E-state index in [9.17, 15) is 12.8 Å².